The van der Waals surface area contributed by atoms with Gasteiger partial charge in [-0.3, -0.25) is 4.57 Å². The Balaban J connectivity index is 1.35. The van der Waals surface area contributed by atoms with Crippen molar-refractivity contribution < 1.29 is 0 Å². The lowest BCUT2D eigenvalue weighted by Crippen LogP contribution is -2.06. The number of hydrogen-bond donors (Lipinski definition) is 0. The Kier molecular flexibility index (Phi) is 5.41. The number of hydrogen-bond acceptors (Lipinski definition) is 4. The zero-order valence-corrected chi connectivity index (χ0v) is 25.4. The lowest BCUT2D eigenvalue weighted by molar-refractivity contribution is 0.955. The summed E-state index contributed by atoms with van der Waals surface area (Å²) in [7, 11) is 0. The quantitative estimate of drug-likeness (QED) is 0.201. The van der Waals surface area contributed by atoms with Gasteiger partial charge < -0.3 is 0 Å². The molecule has 3 heterocycles. The summed E-state index contributed by atoms with van der Waals surface area (Å²) in [5, 5.41) is 9.73. The summed E-state index contributed by atoms with van der Waals surface area (Å²) >= 11 is 1.79. The number of rotatable bonds is 3. The van der Waals surface area contributed by atoms with E-state index in [-0.39, 0.29) is 0 Å². The fourth-order valence-electron chi connectivity index (χ4n) is 6.99. The summed E-state index contributed by atoms with van der Waals surface area (Å²) in [6, 6.07) is 51.3. The Labute approximate surface area is 267 Å². The second-order valence-corrected chi connectivity index (χ2v) is 12.7. The highest BCUT2D eigenvalue weighted by Crippen LogP contribution is 2.42. The molecule has 3 aromatic heterocycles. The maximum Gasteiger partial charge on any atom is 0.238 e. The highest BCUT2D eigenvalue weighted by Gasteiger charge is 2.21. The minimum Gasteiger partial charge on any atom is -0.278 e. The predicted octanol–water partition coefficient (Wildman–Crippen LogP) is 11.0. The van der Waals surface area contributed by atoms with Crippen LogP contribution >= 0.6 is 11.3 Å². The van der Waals surface area contributed by atoms with E-state index in [1.807, 2.05) is 18.2 Å². The molecular weight excluding hydrogens is 581 g/mol. The first-order valence-electron chi connectivity index (χ1n) is 15.4. The molecule has 0 spiro atoms. The molecule has 4 nitrogen and oxygen atoms in total. The van der Waals surface area contributed by atoms with Crippen LogP contribution in [0, 0.1) is 0 Å². The van der Waals surface area contributed by atoms with Gasteiger partial charge in [-0.25, -0.2) is 4.98 Å². The number of aromatic nitrogens is 4. The summed E-state index contributed by atoms with van der Waals surface area (Å²) < 4.78 is 4.66. The van der Waals surface area contributed by atoms with E-state index < -0.39 is 0 Å². The van der Waals surface area contributed by atoms with Gasteiger partial charge in [0.15, 0.2) is 11.6 Å². The molecule has 0 aliphatic carbocycles. The van der Waals surface area contributed by atoms with E-state index in [2.05, 4.69) is 132 Å². The molecule has 0 fully saturated rings. The van der Waals surface area contributed by atoms with Crippen LogP contribution in [-0.4, -0.2) is 19.5 Å². The van der Waals surface area contributed by atoms with Crippen LogP contribution in [0.2, 0.25) is 0 Å². The third kappa shape index (κ3) is 3.69. The van der Waals surface area contributed by atoms with Crippen molar-refractivity contribution in [2.75, 3.05) is 0 Å². The second-order valence-electron chi connectivity index (χ2n) is 11.6. The molecule has 0 amide bonds. The van der Waals surface area contributed by atoms with Crippen molar-refractivity contribution in [1.29, 1.82) is 0 Å². The van der Waals surface area contributed by atoms with Crippen LogP contribution < -0.4 is 0 Å². The van der Waals surface area contributed by atoms with Gasteiger partial charge in [-0.2, -0.15) is 9.97 Å². The highest BCUT2D eigenvalue weighted by molar-refractivity contribution is 7.26. The van der Waals surface area contributed by atoms with Crippen molar-refractivity contribution in [1.82, 2.24) is 19.5 Å². The first kappa shape index (κ1) is 25.4. The molecule has 0 radical (unpaired) electrons. The maximum atomic E-state index is 5.30. The van der Waals surface area contributed by atoms with Crippen molar-refractivity contribution in [3.63, 3.8) is 0 Å². The zero-order chi connectivity index (χ0) is 30.2. The molecule has 0 aliphatic rings. The van der Waals surface area contributed by atoms with Crippen molar-refractivity contribution in [2.45, 2.75) is 0 Å². The minimum absolute atomic E-state index is 0.604. The normalized spacial score (nSPS) is 11.9. The van der Waals surface area contributed by atoms with Crippen molar-refractivity contribution >= 4 is 74.9 Å². The first-order valence-corrected chi connectivity index (χ1v) is 16.2. The minimum atomic E-state index is 0.604. The van der Waals surface area contributed by atoms with Crippen LogP contribution in [-0.2, 0) is 0 Å². The number of benzene rings is 7. The van der Waals surface area contributed by atoms with E-state index in [0.717, 1.165) is 22.2 Å². The van der Waals surface area contributed by atoms with Gasteiger partial charge >= 0.3 is 0 Å². The third-order valence-electron chi connectivity index (χ3n) is 9.05. The molecule has 0 bridgehead atoms. The maximum absolute atomic E-state index is 5.30. The molecular formula is C41H24N4S. The Morgan fingerprint density at radius 2 is 1.02 bits per heavy atom. The van der Waals surface area contributed by atoms with Crippen LogP contribution in [0.15, 0.2) is 146 Å². The lowest BCUT2D eigenvalue weighted by atomic mass is 10.00. The SMILES string of the molecule is c1ccc(-c2nc(-c3cccc4c3sc3ccccc34)nc(-n3c4ccc5ccccc5c4c4c5ccccc5ccc43)n2)cc1. The molecule has 214 valence electrons. The summed E-state index contributed by atoms with van der Waals surface area (Å²) in [5.74, 6) is 1.92. The molecule has 0 saturated heterocycles. The van der Waals surface area contributed by atoms with Gasteiger partial charge in [-0.05, 0) is 45.8 Å². The molecule has 0 N–H and O–H groups in total. The number of thiophene rings is 1. The molecule has 46 heavy (non-hydrogen) atoms. The van der Waals surface area contributed by atoms with Crippen LogP contribution in [0.25, 0.3) is 92.2 Å². The van der Waals surface area contributed by atoms with Crippen LogP contribution in [0.4, 0.5) is 0 Å². The predicted molar refractivity (Wildman–Crippen MR) is 193 cm³/mol. The van der Waals surface area contributed by atoms with Crippen LogP contribution in [0.1, 0.15) is 0 Å². The van der Waals surface area contributed by atoms with E-state index in [9.17, 15) is 0 Å². The van der Waals surface area contributed by atoms with E-state index in [0.29, 0.717) is 17.6 Å². The number of nitrogens with zero attached hydrogens (tertiary/aromatic N) is 4. The highest BCUT2D eigenvalue weighted by atomic mass is 32.1. The molecule has 10 rings (SSSR count). The summed E-state index contributed by atoms with van der Waals surface area (Å²) in [6.07, 6.45) is 0. The monoisotopic (exact) mass is 604 g/mol. The second kappa shape index (κ2) is 9.80. The fourth-order valence-corrected chi connectivity index (χ4v) is 8.20. The van der Waals surface area contributed by atoms with Gasteiger partial charge in [0.1, 0.15) is 0 Å². The van der Waals surface area contributed by atoms with Gasteiger partial charge in [-0.1, -0.05) is 121 Å². The van der Waals surface area contributed by atoms with Gasteiger partial charge in [-0.15, -0.1) is 11.3 Å². The smallest absolute Gasteiger partial charge is 0.238 e. The average Bonchev–Trinajstić information content (AvgIpc) is 3.68. The average molecular weight is 605 g/mol. The largest absolute Gasteiger partial charge is 0.278 e. The van der Waals surface area contributed by atoms with Crippen LogP contribution in [0.3, 0.4) is 0 Å². The molecule has 0 saturated carbocycles. The molecule has 0 atom stereocenters. The van der Waals surface area contributed by atoms with Crippen LogP contribution in [0.5, 0.6) is 0 Å². The Hall–Kier alpha value is -5.91. The van der Waals surface area contributed by atoms with E-state index >= 15 is 0 Å². The van der Waals surface area contributed by atoms with E-state index in [1.165, 1.54) is 52.5 Å². The van der Waals surface area contributed by atoms with Gasteiger partial charge in [0, 0.05) is 42.1 Å². The first-order chi connectivity index (χ1) is 22.8. The molecule has 5 heteroatoms. The van der Waals surface area contributed by atoms with Gasteiger partial charge in [0.2, 0.25) is 5.95 Å². The third-order valence-corrected chi connectivity index (χ3v) is 10.3. The van der Waals surface area contributed by atoms with E-state index in [1.54, 1.807) is 11.3 Å². The van der Waals surface area contributed by atoms with Crippen molar-refractivity contribution in [3.05, 3.63) is 146 Å². The molecule has 10 aromatic rings. The number of fused-ring (bicyclic) bond motifs is 10. The summed E-state index contributed by atoms with van der Waals surface area (Å²) in [6.45, 7) is 0. The molecule has 0 aliphatic heterocycles. The molecule has 0 unspecified atom stereocenters. The zero-order valence-electron chi connectivity index (χ0n) is 24.6. The van der Waals surface area contributed by atoms with Crippen molar-refractivity contribution in [2.24, 2.45) is 0 Å². The lowest BCUT2D eigenvalue weighted by Gasteiger charge is -2.11. The van der Waals surface area contributed by atoms with Gasteiger partial charge in [0.25, 0.3) is 0 Å². The Morgan fingerprint density at radius 3 is 1.74 bits per heavy atom. The van der Waals surface area contributed by atoms with Crippen molar-refractivity contribution in [3.8, 4) is 28.7 Å². The van der Waals surface area contributed by atoms with E-state index in [4.69, 9.17) is 15.0 Å². The summed E-state index contributed by atoms with van der Waals surface area (Å²) in [4.78, 5) is 15.6. The summed E-state index contributed by atoms with van der Waals surface area (Å²) in [5.41, 5.74) is 4.10. The molecule has 7 aromatic carbocycles. The topological polar surface area (TPSA) is 43.6 Å². The fraction of sp³-hybridized carbons (Fsp3) is 0. The standard InChI is InChI=1S/C41H24N4S/c1-2-13-27(14-3-1)39-42-40(32-19-10-18-31-30-17-8-9-20-35(30)46-38(31)32)44-41(43-39)45-33-23-21-25-11-4-6-15-28(25)36(33)37-29-16-7-5-12-26(29)22-24-34(37)45/h1-24H. The Bertz CT molecular complexity index is 2720. The van der Waals surface area contributed by atoms with Gasteiger partial charge in [0.05, 0.1) is 11.0 Å². The Morgan fingerprint density at radius 1 is 0.435 bits per heavy atom.